The maximum absolute atomic E-state index is 11.7. The second-order valence-corrected chi connectivity index (χ2v) is 6.23. The van der Waals surface area contributed by atoms with Crippen molar-refractivity contribution in [2.75, 3.05) is 0 Å². The lowest BCUT2D eigenvalue weighted by atomic mass is 9.89. The molecule has 0 saturated heterocycles. The average Bonchev–Trinajstić information content (AvgIpc) is 2.71. The Balaban J connectivity index is 2.19. The summed E-state index contributed by atoms with van der Waals surface area (Å²) in [7, 11) is -3.18. The number of rotatable bonds is 0. The molecule has 2 aliphatic carbocycles. The molecule has 0 aromatic heterocycles. The highest BCUT2D eigenvalue weighted by molar-refractivity contribution is 7.95. The van der Waals surface area contributed by atoms with Crippen molar-refractivity contribution in [2.24, 2.45) is 17.8 Å². The molecule has 2 bridgehead atoms. The minimum atomic E-state index is -3.18. The Hall–Kier alpha value is -0.900. The van der Waals surface area contributed by atoms with Gasteiger partial charge in [-0.1, -0.05) is 12.2 Å². The molecule has 0 spiro atoms. The number of carbonyl (C=O) groups excluding carboxylic acids is 1. The SMILES string of the molecule is O=C1C=CS(=O)(=O)[C@H]2[C@H]1[C@H]1C=C[C@@H]2C1. The molecule has 74 valence electrons. The standard InChI is InChI=1S/C10H10O3S/c11-8-3-4-14(12,13)10-7-2-1-6(5-7)9(8)10/h1-4,6-7,9-10H,5H2/t6-,7+,9-,10+/m0/s1. The van der Waals surface area contributed by atoms with Crippen LogP contribution in [0.25, 0.3) is 0 Å². The van der Waals surface area contributed by atoms with Crippen LogP contribution in [-0.2, 0) is 14.6 Å². The van der Waals surface area contributed by atoms with Gasteiger partial charge < -0.3 is 0 Å². The van der Waals surface area contributed by atoms with Crippen LogP contribution in [0.15, 0.2) is 23.6 Å². The van der Waals surface area contributed by atoms with E-state index < -0.39 is 15.1 Å². The van der Waals surface area contributed by atoms with Gasteiger partial charge in [0.1, 0.15) is 0 Å². The molecule has 0 aromatic rings. The molecule has 3 nitrogen and oxygen atoms in total. The van der Waals surface area contributed by atoms with E-state index in [0.29, 0.717) is 0 Å². The molecule has 3 rings (SSSR count). The van der Waals surface area contributed by atoms with Crippen molar-refractivity contribution >= 4 is 15.6 Å². The van der Waals surface area contributed by atoms with Crippen LogP contribution >= 0.6 is 0 Å². The van der Waals surface area contributed by atoms with Crippen LogP contribution < -0.4 is 0 Å². The number of carbonyl (C=O) groups is 1. The Morgan fingerprint density at radius 1 is 1.21 bits per heavy atom. The molecule has 0 aromatic carbocycles. The van der Waals surface area contributed by atoms with Gasteiger partial charge in [-0.15, -0.1) is 0 Å². The quantitative estimate of drug-likeness (QED) is 0.553. The molecule has 1 saturated carbocycles. The van der Waals surface area contributed by atoms with Crippen LogP contribution in [0.3, 0.4) is 0 Å². The predicted octanol–water partition coefficient (Wildman–Crippen LogP) is 0.688. The van der Waals surface area contributed by atoms with Crippen LogP contribution in [-0.4, -0.2) is 19.5 Å². The Morgan fingerprint density at radius 3 is 2.64 bits per heavy atom. The van der Waals surface area contributed by atoms with E-state index in [9.17, 15) is 13.2 Å². The van der Waals surface area contributed by atoms with Gasteiger partial charge in [0.2, 0.25) is 0 Å². The number of hydrogen-bond donors (Lipinski definition) is 0. The van der Waals surface area contributed by atoms with Crippen molar-refractivity contribution in [2.45, 2.75) is 11.7 Å². The highest BCUT2D eigenvalue weighted by Gasteiger charge is 2.54. The van der Waals surface area contributed by atoms with Crippen LogP contribution in [0.1, 0.15) is 6.42 Å². The van der Waals surface area contributed by atoms with Crippen molar-refractivity contribution in [1.82, 2.24) is 0 Å². The van der Waals surface area contributed by atoms with Crippen molar-refractivity contribution in [3.05, 3.63) is 23.6 Å². The first-order valence-corrected chi connectivity index (χ1v) is 6.35. The van der Waals surface area contributed by atoms with Crippen molar-refractivity contribution in [3.63, 3.8) is 0 Å². The first-order chi connectivity index (χ1) is 6.59. The summed E-state index contributed by atoms with van der Waals surface area (Å²) in [6, 6.07) is 0. The first-order valence-electron chi connectivity index (χ1n) is 4.74. The minimum Gasteiger partial charge on any atom is -0.294 e. The van der Waals surface area contributed by atoms with Gasteiger partial charge in [0.05, 0.1) is 5.25 Å². The molecule has 1 fully saturated rings. The molecule has 4 heteroatoms. The predicted molar refractivity (Wildman–Crippen MR) is 51.1 cm³/mol. The molecule has 3 aliphatic rings. The minimum absolute atomic E-state index is 0.0123. The van der Waals surface area contributed by atoms with Gasteiger partial charge >= 0.3 is 0 Å². The normalized spacial score (nSPS) is 47.0. The summed E-state index contributed by atoms with van der Waals surface area (Å²) in [5.41, 5.74) is 0. The van der Waals surface area contributed by atoms with Crippen molar-refractivity contribution in [3.8, 4) is 0 Å². The topological polar surface area (TPSA) is 51.2 Å². The van der Waals surface area contributed by atoms with Gasteiger partial charge in [0.25, 0.3) is 0 Å². The maximum atomic E-state index is 11.7. The summed E-state index contributed by atoms with van der Waals surface area (Å²) < 4.78 is 23.5. The van der Waals surface area contributed by atoms with Gasteiger partial charge in [-0.3, -0.25) is 4.79 Å². The number of sulfone groups is 1. The van der Waals surface area contributed by atoms with E-state index >= 15 is 0 Å². The molecular weight excluding hydrogens is 200 g/mol. The molecule has 0 N–H and O–H groups in total. The Bertz CT molecular complexity index is 458. The maximum Gasteiger partial charge on any atom is 0.175 e. The third kappa shape index (κ3) is 0.869. The zero-order valence-electron chi connectivity index (χ0n) is 7.46. The van der Waals surface area contributed by atoms with Gasteiger partial charge in [-0.05, 0) is 24.3 Å². The van der Waals surface area contributed by atoms with Crippen molar-refractivity contribution in [1.29, 1.82) is 0 Å². The Kier molecular flexibility index (Phi) is 1.42. The smallest absolute Gasteiger partial charge is 0.175 e. The highest BCUT2D eigenvalue weighted by Crippen LogP contribution is 2.49. The van der Waals surface area contributed by atoms with Crippen LogP contribution in [0.4, 0.5) is 0 Å². The molecule has 4 atom stereocenters. The van der Waals surface area contributed by atoms with E-state index in [0.717, 1.165) is 11.8 Å². The summed E-state index contributed by atoms with van der Waals surface area (Å²) in [5.74, 6) is -0.0669. The van der Waals surface area contributed by atoms with Crippen LogP contribution in [0, 0.1) is 17.8 Å². The average molecular weight is 210 g/mol. The summed E-state index contributed by atoms with van der Waals surface area (Å²) in [6.07, 6.45) is 6.02. The van der Waals surface area contributed by atoms with E-state index in [-0.39, 0.29) is 23.5 Å². The monoisotopic (exact) mass is 210 g/mol. The first kappa shape index (κ1) is 8.41. The number of ketones is 1. The molecule has 14 heavy (non-hydrogen) atoms. The number of allylic oxidation sites excluding steroid dienone is 3. The molecule has 1 aliphatic heterocycles. The Morgan fingerprint density at radius 2 is 1.93 bits per heavy atom. The summed E-state index contributed by atoms with van der Waals surface area (Å²) >= 11 is 0. The van der Waals surface area contributed by atoms with E-state index in [1.807, 2.05) is 12.2 Å². The van der Waals surface area contributed by atoms with E-state index in [2.05, 4.69) is 0 Å². The second-order valence-electron chi connectivity index (χ2n) is 4.23. The second kappa shape index (κ2) is 2.37. The van der Waals surface area contributed by atoms with Gasteiger partial charge in [-0.2, -0.15) is 0 Å². The zero-order valence-corrected chi connectivity index (χ0v) is 8.28. The van der Waals surface area contributed by atoms with Crippen LogP contribution in [0.5, 0.6) is 0 Å². The van der Waals surface area contributed by atoms with E-state index in [4.69, 9.17) is 0 Å². The molecular formula is C10H10O3S. The summed E-state index contributed by atoms with van der Waals surface area (Å²) in [6.45, 7) is 0. The van der Waals surface area contributed by atoms with Crippen molar-refractivity contribution < 1.29 is 13.2 Å². The fourth-order valence-electron chi connectivity index (χ4n) is 2.96. The zero-order chi connectivity index (χ0) is 9.92. The highest BCUT2D eigenvalue weighted by atomic mass is 32.2. The third-order valence-electron chi connectivity index (χ3n) is 3.52. The molecule has 0 radical (unpaired) electrons. The Labute approximate surface area is 82.4 Å². The molecule has 1 heterocycles. The molecule has 0 unspecified atom stereocenters. The lowest BCUT2D eigenvalue weighted by Crippen LogP contribution is -2.39. The lowest BCUT2D eigenvalue weighted by Gasteiger charge is -2.27. The van der Waals surface area contributed by atoms with E-state index in [1.165, 1.54) is 6.08 Å². The van der Waals surface area contributed by atoms with Crippen LogP contribution in [0.2, 0.25) is 0 Å². The fraction of sp³-hybridized carbons (Fsp3) is 0.500. The van der Waals surface area contributed by atoms with Gasteiger partial charge in [-0.25, -0.2) is 8.42 Å². The lowest BCUT2D eigenvalue weighted by molar-refractivity contribution is -0.118. The summed E-state index contributed by atoms with van der Waals surface area (Å²) in [5, 5.41) is 0.625. The summed E-state index contributed by atoms with van der Waals surface area (Å²) in [4.78, 5) is 11.6. The fourth-order valence-corrected chi connectivity index (χ4v) is 4.90. The van der Waals surface area contributed by atoms with Gasteiger partial charge in [0.15, 0.2) is 15.6 Å². The molecule has 0 amide bonds. The third-order valence-corrected chi connectivity index (χ3v) is 5.43. The number of fused-ring (bicyclic) bond motifs is 5. The van der Waals surface area contributed by atoms with Gasteiger partial charge in [0, 0.05) is 11.3 Å². The number of hydrogen-bond acceptors (Lipinski definition) is 3. The van der Waals surface area contributed by atoms with E-state index in [1.54, 1.807) is 0 Å². The largest absolute Gasteiger partial charge is 0.294 e.